The number of carbonyl (C=O) groups is 1. The summed E-state index contributed by atoms with van der Waals surface area (Å²) in [6.07, 6.45) is 9.04. The molecule has 1 atom stereocenters. The number of anilines is 1. The number of benzene rings is 2. The molecule has 4 rings (SSSR count). The van der Waals surface area contributed by atoms with Gasteiger partial charge >= 0.3 is 0 Å². The lowest BCUT2D eigenvalue weighted by atomic mass is 9.83. The summed E-state index contributed by atoms with van der Waals surface area (Å²) in [6, 6.07) is 14.7. The second-order valence-corrected chi connectivity index (χ2v) is 8.08. The molecule has 5 heteroatoms. The van der Waals surface area contributed by atoms with E-state index in [1.165, 1.54) is 44.8 Å². The van der Waals surface area contributed by atoms with Crippen LogP contribution in [-0.2, 0) is 9.53 Å². The highest BCUT2D eigenvalue weighted by Crippen LogP contribution is 2.35. The quantitative estimate of drug-likeness (QED) is 0.293. The molecule has 0 bridgehead atoms. The molecule has 1 fully saturated rings. The molecule has 5 nitrogen and oxygen atoms in total. The number of carbonyl (C=O) groups excluding carboxylic acids is 1. The van der Waals surface area contributed by atoms with Crippen molar-refractivity contribution in [1.82, 2.24) is 9.97 Å². The Kier molecular flexibility index (Phi) is 6.17. The van der Waals surface area contributed by atoms with Crippen molar-refractivity contribution in [2.45, 2.75) is 51.0 Å². The normalized spacial score (nSPS) is 16.7. The van der Waals surface area contributed by atoms with Crippen molar-refractivity contribution < 1.29 is 9.53 Å². The van der Waals surface area contributed by atoms with Gasteiger partial charge in [-0.05, 0) is 60.6 Å². The van der Waals surface area contributed by atoms with E-state index in [1.54, 1.807) is 6.33 Å². The van der Waals surface area contributed by atoms with Gasteiger partial charge in [0.25, 0.3) is 0 Å². The van der Waals surface area contributed by atoms with Crippen molar-refractivity contribution in [2.75, 3.05) is 12.4 Å². The number of nitrogens with one attached hydrogen (secondary N) is 2. The number of imidazole rings is 1. The summed E-state index contributed by atoms with van der Waals surface area (Å²) in [6.45, 7) is 1.94. The van der Waals surface area contributed by atoms with Crippen molar-refractivity contribution in [3.63, 3.8) is 0 Å². The van der Waals surface area contributed by atoms with Crippen LogP contribution in [0.15, 0.2) is 60.1 Å². The minimum absolute atomic E-state index is 0.175. The van der Waals surface area contributed by atoms with Crippen LogP contribution in [0.25, 0.3) is 11.0 Å². The van der Waals surface area contributed by atoms with E-state index >= 15 is 0 Å². The second-order valence-electron chi connectivity index (χ2n) is 8.08. The third kappa shape index (κ3) is 4.25. The van der Waals surface area contributed by atoms with Crippen LogP contribution >= 0.6 is 0 Å². The Balaban J connectivity index is 1.65. The summed E-state index contributed by atoms with van der Waals surface area (Å²) in [5, 5.41) is 3.58. The van der Waals surface area contributed by atoms with E-state index in [1.807, 2.05) is 25.1 Å². The van der Waals surface area contributed by atoms with Crippen molar-refractivity contribution >= 4 is 23.0 Å². The topological polar surface area (TPSA) is 67.0 Å². The summed E-state index contributed by atoms with van der Waals surface area (Å²) >= 11 is 0. The number of aldehydes is 1. The Bertz CT molecular complexity index is 1030. The van der Waals surface area contributed by atoms with Crippen LogP contribution in [0.4, 0.5) is 5.69 Å². The first-order valence-corrected chi connectivity index (χ1v) is 10.7. The zero-order valence-corrected chi connectivity index (χ0v) is 17.7. The van der Waals surface area contributed by atoms with Crippen LogP contribution in [0, 0.1) is 0 Å². The van der Waals surface area contributed by atoms with Crippen LogP contribution < -0.4 is 5.32 Å². The highest BCUT2D eigenvalue weighted by Gasteiger charge is 2.20. The number of aromatic amines is 1. The largest absolute Gasteiger partial charge is 0.493 e. The van der Waals surface area contributed by atoms with Crippen LogP contribution in [0.2, 0.25) is 0 Å². The van der Waals surface area contributed by atoms with Gasteiger partial charge in [-0.25, -0.2) is 4.98 Å². The average Bonchev–Trinajstić information content (AvgIpc) is 3.27. The van der Waals surface area contributed by atoms with E-state index < -0.39 is 0 Å². The maximum Gasteiger partial charge on any atom is 0.184 e. The summed E-state index contributed by atoms with van der Waals surface area (Å²) in [4.78, 5) is 19.0. The fraction of sp³-hybridized carbons (Fsp3) is 0.360. The molecular formula is C25H29N3O2. The predicted octanol–water partition coefficient (Wildman–Crippen LogP) is 5.88. The number of H-pyrrole nitrogens is 1. The zero-order valence-electron chi connectivity index (χ0n) is 17.7. The SMILES string of the molecule is CO/C(C=O)=C(\C)C(Nc1ccc2nc[nH]c2c1)c1ccc(C2CCCCC2)cc1. The van der Waals surface area contributed by atoms with Gasteiger partial charge in [0.2, 0.25) is 0 Å². The van der Waals surface area contributed by atoms with E-state index in [0.29, 0.717) is 11.7 Å². The number of fused-ring (bicyclic) bond motifs is 1. The monoisotopic (exact) mass is 403 g/mol. The molecule has 2 aromatic carbocycles. The Morgan fingerprint density at radius 3 is 2.63 bits per heavy atom. The molecule has 0 aliphatic heterocycles. The average molecular weight is 404 g/mol. The van der Waals surface area contributed by atoms with Crippen LogP contribution in [0.1, 0.15) is 62.1 Å². The molecule has 2 N–H and O–H groups in total. The lowest BCUT2D eigenvalue weighted by molar-refractivity contribution is -0.107. The molecular weight excluding hydrogens is 374 g/mol. The van der Waals surface area contributed by atoms with Crippen LogP contribution in [0.3, 0.4) is 0 Å². The first kappa shape index (κ1) is 20.2. The minimum Gasteiger partial charge on any atom is -0.493 e. The fourth-order valence-corrected chi connectivity index (χ4v) is 4.47. The molecule has 1 aliphatic rings. The van der Waals surface area contributed by atoms with Gasteiger partial charge < -0.3 is 15.0 Å². The highest BCUT2D eigenvalue weighted by atomic mass is 16.5. The molecule has 1 aliphatic carbocycles. The van der Waals surface area contributed by atoms with Gasteiger partial charge in [0, 0.05) is 5.69 Å². The summed E-state index contributed by atoms with van der Waals surface area (Å²) in [5.74, 6) is 1.02. The number of rotatable bonds is 7. The summed E-state index contributed by atoms with van der Waals surface area (Å²) in [7, 11) is 1.53. The summed E-state index contributed by atoms with van der Waals surface area (Å²) < 4.78 is 5.33. The molecule has 0 saturated heterocycles. The van der Waals surface area contributed by atoms with E-state index in [-0.39, 0.29) is 6.04 Å². The number of nitrogens with zero attached hydrogens (tertiary/aromatic N) is 1. The second kappa shape index (κ2) is 9.16. The Morgan fingerprint density at radius 1 is 1.17 bits per heavy atom. The van der Waals surface area contributed by atoms with Crippen molar-refractivity contribution in [3.8, 4) is 0 Å². The van der Waals surface area contributed by atoms with E-state index in [4.69, 9.17) is 4.74 Å². The number of ether oxygens (including phenoxy) is 1. The van der Waals surface area contributed by atoms with Gasteiger partial charge in [-0.2, -0.15) is 0 Å². The number of hydrogen-bond acceptors (Lipinski definition) is 4. The van der Waals surface area contributed by atoms with Gasteiger partial charge in [-0.1, -0.05) is 43.5 Å². The van der Waals surface area contributed by atoms with E-state index in [0.717, 1.165) is 34.1 Å². The highest BCUT2D eigenvalue weighted by molar-refractivity contribution is 5.79. The van der Waals surface area contributed by atoms with Crippen LogP contribution in [0.5, 0.6) is 0 Å². The number of allylic oxidation sites excluding steroid dienone is 1. The zero-order chi connectivity index (χ0) is 20.9. The first-order valence-electron chi connectivity index (χ1n) is 10.7. The predicted molar refractivity (Wildman–Crippen MR) is 120 cm³/mol. The molecule has 0 radical (unpaired) electrons. The third-order valence-corrected chi connectivity index (χ3v) is 6.23. The third-order valence-electron chi connectivity index (χ3n) is 6.23. The van der Waals surface area contributed by atoms with Gasteiger partial charge in [-0.15, -0.1) is 0 Å². The van der Waals surface area contributed by atoms with Gasteiger partial charge in [0.05, 0.1) is 30.5 Å². The van der Waals surface area contributed by atoms with Gasteiger partial charge in [-0.3, -0.25) is 4.79 Å². The molecule has 3 aromatic rings. The Morgan fingerprint density at radius 2 is 1.93 bits per heavy atom. The molecule has 0 spiro atoms. The van der Waals surface area contributed by atoms with Crippen molar-refractivity contribution in [3.05, 3.63) is 71.3 Å². The molecule has 0 amide bonds. The van der Waals surface area contributed by atoms with E-state index in [2.05, 4.69) is 39.6 Å². The van der Waals surface area contributed by atoms with Crippen molar-refractivity contribution in [2.24, 2.45) is 0 Å². The lowest BCUT2D eigenvalue weighted by Gasteiger charge is -2.25. The molecule has 30 heavy (non-hydrogen) atoms. The molecule has 1 aromatic heterocycles. The molecule has 1 unspecified atom stereocenters. The summed E-state index contributed by atoms with van der Waals surface area (Å²) in [5.41, 5.74) is 6.21. The number of methoxy groups -OCH3 is 1. The Labute approximate surface area is 177 Å². The standard InChI is InChI=1S/C25H29N3O2/c1-17(24(15-29)30-2)25(28-21-12-13-22-23(14-21)27-16-26-22)20-10-8-19(9-11-20)18-6-4-3-5-7-18/h8-16,18,25,28H,3-7H2,1-2H3,(H,26,27)/b24-17+. The van der Waals surface area contributed by atoms with Crippen molar-refractivity contribution in [1.29, 1.82) is 0 Å². The maximum atomic E-state index is 11.5. The van der Waals surface area contributed by atoms with Gasteiger partial charge in [0.15, 0.2) is 12.0 Å². The molecule has 1 saturated carbocycles. The van der Waals surface area contributed by atoms with E-state index in [9.17, 15) is 4.79 Å². The Hall–Kier alpha value is -3.08. The lowest BCUT2D eigenvalue weighted by Crippen LogP contribution is -2.15. The van der Waals surface area contributed by atoms with Crippen LogP contribution in [-0.4, -0.2) is 23.4 Å². The minimum atomic E-state index is -0.175. The maximum absolute atomic E-state index is 11.5. The molecule has 156 valence electrons. The van der Waals surface area contributed by atoms with Gasteiger partial charge in [0.1, 0.15) is 0 Å². The first-order chi connectivity index (χ1) is 14.7. The smallest absolute Gasteiger partial charge is 0.184 e. The number of hydrogen-bond donors (Lipinski definition) is 2. The fourth-order valence-electron chi connectivity index (χ4n) is 4.47. The number of aromatic nitrogens is 2. The molecule has 1 heterocycles.